The van der Waals surface area contributed by atoms with Crippen LogP contribution >= 0.6 is 0 Å². The highest BCUT2D eigenvalue weighted by molar-refractivity contribution is 5.55. The molecule has 0 fully saturated rings. The van der Waals surface area contributed by atoms with Crippen LogP contribution in [0.5, 0.6) is 0 Å². The lowest BCUT2D eigenvalue weighted by Gasteiger charge is -2.21. The second-order valence-electron chi connectivity index (χ2n) is 9.74. The molecule has 28 heavy (non-hydrogen) atoms. The lowest BCUT2D eigenvalue weighted by molar-refractivity contribution is -0.386. The Kier molecular flexibility index (Phi) is 7.05. The van der Waals surface area contributed by atoms with Gasteiger partial charge >= 0.3 is 0 Å². The van der Waals surface area contributed by atoms with Crippen molar-refractivity contribution in [3.05, 3.63) is 67.8 Å². The van der Waals surface area contributed by atoms with Gasteiger partial charge in [0.05, 0.1) is 4.92 Å². The fourth-order valence-corrected chi connectivity index (χ4v) is 3.08. The summed E-state index contributed by atoms with van der Waals surface area (Å²) in [6, 6.07) is 8.18. The lowest BCUT2D eigenvalue weighted by atomic mass is 9.85. The summed E-state index contributed by atoms with van der Waals surface area (Å²) in [5.74, 6) is 0. The Hall–Kier alpha value is -2.36. The number of nitrogen functional groups attached to an aromatic ring is 1. The van der Waals surface area contributed by atoms with Crippen molar-refractivity contribution in [1.82, 2.24) is 0 Å². The van der Waals surface area contributed by atoms with Crippen LogP contribution in [0.2, 0.25) is 0 Å². The topological polar surface area (TPSA) is 69.2 Å². The molecule has 0 aliphatic heterocycles. The van der Waals surface area contributed by atoms with Gasteiger partial charge in [0.15, 0.2) is 0 Å². The smallest absolute Gasteiger partial charge is 0.275 e. The maximum absolute atomic E-state index is 10.8. The number of hydrogen-bond acceptors (Lipinski definition) is 3. The molecule has 0 heterocycles. The highest BCUT2D eigenvalue weighted by Crippen LogP contribution is 2.30. The molecule has 2 aromatic rings. The van der Waals surface area contributed by atoms with Crippen LogP contribution in [0.3, 0.4) is 0 Å². The minimum Gasteiger partial charge on any atom is -0.398 e. The number of nitro benzene ring substituents is 1. The van der Waals surface area contributed by atoms with Crippen molar-refractivity contribution >= 4 is 11.4 Å². The van der Waals surface area contributed by atoms with Crippen molar-refractivity contribution in [2.24, 2.45) is 0 Å². The molecule has 0 saturated carbocycles. The fourth-order valence-electron chi connectivity index (χ4n) is 3.08. The summed E-state index contributed by atoms with van der Waals surface area (Å²) < 4.78 is 0. The summed E-state index contributed by atoms with van der Waals surface area (Å²) in [6.45, 7) is 20.7. The van der Waals surface area contributed by atoms with Gasteiger partial charge in [-0.25, -0.2) is 0 Å². The zero-order chi connectivity index (χ0) is 22.0. The molecule has 0 aromatic heterocycles. The minimum absolute atomic E-state index is 0.0324. The zero-order valence-electron chi connectivity index (χ0n) is 19.2. The third-order valence-electron chi connectivity index (χ3n) is 5.00. The Balaban J connectivity index is 0.000000283. The summed E-state index contributed by atoms with van der Waals surface area (Å²) in [5, 5.41) is 10.8. The molecule has 0 atom stereocenters. The first-order chi connectivity index (χ1) is 12.6. The number of benzene rings is 2. The van der Waals surface area contributed by atoms with E-state index < -0.39 is 0 Å². The van der Waals surface area contributed by atoms with Crippen molar-refractivity contribution in [3.8, 4) is 0 Å². The Labute approximate surface area is 170 Å². The van der Waals surface area contributed by atoms with Gasteiger partial charge in [-0.05, 0) is 72.9 Å². The van der Waals surface area contributed by atoms with Gasteiger partial charge in [-0.2, -0.15) is 0 Å². The largest absolute Gasteiger partial charge is 0.398 e. The average molecular weight is 385 g/mol. The number of nitrogens with two attached hydrogens (primary N) is 1. The van der Waals surface area contributed by atoms with Gasteiger partial charge in [-0.3, -0.25) is 10.1 Å². The third kappa shape index (κ3) is 5.82. The van der Waals surface area contributed by atoms with Crippen LogP contribution < -0.4 is 5.73 Å². The Bertz CT molecular complexity index is 823. The van der Waals surface area contributed by atoms with Crippen molar-refractivity contribution in [2.75, 3.05) is 5.73 Å². The van der Waals surface area contributed by atoms with Crippen LogP contribution in [0.4, 0.5) is 11.4 Å². The number of aryl methyl sites for hydroxylation is 4. The Morgan fingerprint density at radius 3 is 1.25 bits per heavy atom. The number of rotatable bonds is 1. The molecule has 2 rings (SSSR count). The second kappa shape index (κ2) is 8.34. The first-order valence-corrected chi connectivity index (χ1v) is 9.69. The number of hydrogen-bond donors (Lipinski definition) is 1. The normalized spacial score (nSPS) is 11.6. The van der Waals surface area contributed by atoms with Gasteiger partial charge in [0.25, 0.3) is 5.69 Å². The Morgan fingerprint density at radius 1 is 0.714 bits per heavy atom. The predicted octanol–water partition coefficient (Wildman–Crippen LogP) is 6.69. The second-order valence-corrected chi connectivity index (χ2v) is 9.74. The number of nitrogens with zero attached hydrogens (tertiary/aromatic N) is 1. The molecule has 0 bridgehead atoms. The minimum atomic E-state index is -0.308. The van der Waals surface area contributed by atoms with Crippen molar-refractivity contribution < 1.29 is 4.92 Å². The summed E-state index contributed by atoms with van der Waals surface area (Å²) in [7, 11) is 0. The van der Waals surface area contributed by atoms with Crippen molar-refractivity contribution in [2.45, 2.75) is 80.1 Å². The molecule has 2 aromatic carbocycles. The quantitative estimate of drug-likeness (QED) is 0.338. The molecule has 0 aliphatic rings. The standard InChI is InChI=1S/C12H17NO2.C12H19N/c1-8-6-10(12(3,4)5)7-9(2)11(8)13(14)15;1-8-6-10(12(3,4)5)7-9(2)11(8)13/h6-7H,1-5H3;6-7H,13H2,1-5H3. The van der Waals surface area contributed by atoms with Crippen molar-refractivity contribution in [3.63, 3.8) is 0 Å². The van der Waals surface area contributed by atoms with E-state index in [1.165, 1.54) is 16.7 Å². The van der Waals surface area contributed by atoms with Crippen molar-refractivity contribution in [1.29, 1.82) is 0 Å². The molecule has 0 aliphatic carbocycles. The van der Waals surface area contributed by atoms with E-state index in [0.717, 1.165) is 22.4 Å². The first kappa shape index (κ1) is 23.7. The Morgan fingerprint density at radius 2 is 1.00 bits per heavy atom. The maximum atomic E-state index is 10.8. The molecular formula is C24H36N2O2. The van der Waals surface area contributed by atoms with E-state index in [0.29, 0.717) is 0 Å². The molecule has 0 spiro atoms. The van der Waals surface area contributed by atoms with Crippen LogP contribution in [0, 0.1) is 37.8 Å². The highest BCUT2D eigenvalue weighted by atomic mass is 16.6. The third-order valence-corrected chi connectivity index (χ3v) is 5.00. The van der Waals surface area contributed by atoms with Crippen LogP contribution in [-0.2, 0) is 10.8 Å². The number of anilines is 1. The highest BCUT2D eigenvalue weighted by Gasteiger charge is 2.20. The summed E-state index contributed by atoms with van der Waals surface area (Å²) in [5.41, 5.74) is 13.7. The van der Waals surface area contributed by atoms with Crippen LogP contribution in [-0.4, -0.2) is 4.92 Å². The van der Waals surface area contributed by atoms with E-state index in [2.05, 4.69) is 67.5 Å². The summed E-state index contributed by atoms with van der Waals surface area (Å²) in [4.78, 5) is 10.5. The van der Waals surface area contributed by atoms with E-state index in [1.54, 1.807) is 13.8 Å². The van der Waals surface area contributed by atoms with E-state index >= 15 is 0 Å². The van der Waals surface area contributed by atoms with Gasteiger partial charge in [0.2, 0.25) is 0 Å². The van der Waals surface area contributed by atoms with E-state index in [4.69, 9.17) is 5.73 Å². The van der Waals surface area contributed by atoms with E-state index in [1.807, 2.05) is 12.1 Å². The van der Waals surface area contributed by atoms with Gasteiger partial charge < -0.3 is 5.73 Å². The molecule has 2 N–H and O–H groups in total. The van der Waals surface area contributed by atoms with Crippen LogP contribution in [0.25, 0.3) is 0 Å². The summed E-state index contributed by atoms with van der Waals surface area (Å²) in [6.07, 6.45) is 0. The van der Waals surface area contributed by atoms with Gasteiger partial charge in [0, 0.05) is 16.8 Å². The maximum Gasteiger partial charge on any atom is 0.275 e. The first-order valence-electron chi connectivity index (χ1n) is 9.69. The van der Waals surface area contributed by atoms with Crippen LogP contribution in [0.15, 0.2) is 24.3 Å². The molecule has 4 nitrogen and oxygen atoms in total. The molecule has 0 unspecified atom stereocenters. The predicted molar refractivity (Wildman–Crippen MR) is 120 cm³/mol. The SMILES string of the molecule is Cc1cc(C(C)(C)C)cc(C)c1N.Cc1cc(C(C)(C)C)cc(C)c1[N+](=O)[O-]. The van der Waals surface area contributed by atoms with Gasteiger partial charge in [-0.1, -0.05) is 53.7 Å². The van der Waals surface area contributed by atoms with E-state index in [9.17, 15) is 10.1 Å². The van der Waals surface area contributed by atoms with Gasteiger partial charge in [-0.15, -0.1) is 0 Å². The average Bonchev–Trinajstić information content (AvgIpc) is 2.49. The van der Waals surface area contributed by atoms with Crippen LogP contribution in [0.1, 0.15) is 74.9 Å². The molecule has 0 saturated heterocycles. The zero-order valence-corrected chi connectivity index (χ0v) is 19.2. The van der Waals surface area contributed by atoms with E-state index in [-0.39, 0.29) is 21.4 Å². The van der Waals surface area contributed by atoms with Gasteiger partial charge in [0.1, 0.15) is 0 Å². The lowest BCUT2D eigenvalue weighted by Crippen LogP contribution is -2.12. The number of nitro groups is 1. The fraction of sp³-hybridized carbons (Fsp3) is 0.500. The molecule has 0 radical (unpaired) electrons. The molecule has 4 heteroatoms. The summed E-state index contributed by atoms with van der Waals surface area (Å²) >= 11 is 0. The molecule has 0 amide bonds. The molecule has 154 valence electrons. The molecular weight excluding hydrogens is 348 g/mol. The monoisotopic (exact) mass is 384 g/mol.